The standard InChI is InChI=1S/C22H26N2O4S/c1-16-5-3-6-18(13-16)15-24(20-9-10-20)22(26)11-12-23-29(27,28)21-8-4-7-19(14-21)17(2)25/h3-8,13-14,20,23H,9-12,15H2,1-2H3. The van der Waals surface area contributed by atoms with Gasteiger partial charge in [-0.25, -0.2) is 13.1 Å². The van der Waals surface area contributed by atoms with Gasteiger partial charge in [0, 0.05) is 31.1 Å². The minimum Gasteiger partial charge on any atom is -0.335 e. The number of ketones is 1. The number of nitrogens with one attached hydrogen (secondary N) is 1. The van der Waals surface area contributed by atoms with E-state index in [0.29, 0.717) is 12.1 Å². The summed E-state index contributed by atoms with van der Waals surface area (Å²) in [6.07, 6.45) is 2.07. The first-order valence-corrected chi connectivity index (χ1v) is 11.2. The molecule has 1 aliphatic carbocycles. The van der Waals surface area contributed by atoms with Crippen LogP contribution in [0.15, 0.2) is 53.4 Å². The third-order valence-corrected chi connectivity index (χ3v) is 6.38. The number of aryl methyl sites for hydroxylation is 1. The molecule has 6 nitrogen and oxygen atoms in total. The Morgan fingerprint density at radius 3 is 2.48 bits per heavy atom. The zero-order chi connectivity index (χ0) is 21.0. The fraction of sp³-hybridized carbons (Fsp3) is 0.364. The third kappa shape index (κ3) is 5.74. The summed E-state index contributed by atoms with van der Waals surface area (Å²) in [5.41, 5.74) is 2.56. The van der Waals surface area contributed by atoms with Crippen LogP contribution in [0.2, 0.25) is 0 Å². The highest BCUT2D eigenvalue weighted by Gasteiger charge is 2.32. The maximum Gasteiger partial charge on any atom is 0.240 e. The normalized spacial score (nSPS) is 13.9. The van der Waals surface area contributed by atoms with E-state index in [2.05, 4.69) is 10.8 Å². The summed E-state index contributed by atoms with van der Waals surface area (Å²) in [6.45, 7) is 3.96. The molecule has 154 valence electrons. The van der Waals surface area contributed by atoms with Crippen molar-refractivity contribution in [3.05, 3.63) is 65.2 Å². The Bertz CT molecular complexity index is 1010. The summed E-state index contributed by atoms with van der Waals surface area (Å²) >= 11 is 0. The van der Waals surface area contributed by atoms with E-state index in [9.17, 15) is 18.0 Å². The van der Waals surface area contributed by atoms with Crippen molar-refractivity contribution in [2.24, 2.45) is 0 Å². The fourth-order valence-electron chi connectivity index (χ4n) is 3.22. The third-order valence-electron chi connectivity index (χ3n) is 4.93. The van der Waals surface area contributed by atoms with Crippen molar-refractivity contribution in [3.63, 3.8) is 0 Å². The molecule has 0 saturated heterocycles. The molecular weight excluding hydrogens is 388 g/mol. The van der Waals surface area contributed by atoms with Crippen molar-refractivity contribution in [2.45, 2.75) is 50.6 Å². The van der Waals surface area contributed by atoms with Gasteiger partial charge in [0.25, 0.3) is 0 Å². The van der Waals surface area contributed by atoms with Gasteiger partial charge in [0.05, 0.1) is 4.90 Å². The summed E-state index contributed by atoms with van der Waals surface area (Å²) in [4.78, 5) is 26.1. The Kier molecular flexibility index (Phi) is 6.49. The van der Waals surface area contributed by atoms with E-state index < -0.39 is 10.0 Å². The lowest BCUT2D eigenvalue weighted by Crippen LogP contribution is -2.35. The smallest absolute Gasteiger partial charge is 0.240 e. The van der Waals surface area contributed by atoms with E-state index in [1.807, 2.05) is 30.0 Å². The average Bonchev–Trinajstić information content (AvgIpc) is 3.51. The molecule has 1 aliphatic rings. The topological polar surface area (TPSA) is 83.5 Å². The lowest BCUT2D eigenvalue weighted by Gasteiger charge is -2.23. The number of rotatable bonds is 9. The van der Waals surface area contributed by atoms with E-state index in [1.165, 1.54) is 25.1 Å². The van der Waals surface area contributed by atoms with Gasteiger partial charge in [-0.3, -0.25) is 9.59 Å². The number of benzene rings is 2. The van der Waals surface area contributed by atoms with Crippen molar-refractivity contribution in [2.75, 3.05) is 6.54 Å². The van der Waals surface area contributed by atoms with Gasteiger partial charge in [-0.2, -0.15) is 0 Å². The average molecular weight is 415 g/mol. The largest absolute Gasteiger partial charge is 0.335 e. The highest BCUT2D eigenvalue weighted by molar-refractivity contribution is 7.89. The van der Waals surface area contributed by atoms with Gasteiger partial charge < -0.3 is 4.90 Å². The van der Waals surface area contributed by atoms with Gasteiger partial charge in [-0.1, -0.05) is 42.0 Å². The SMILES string of the molecule is CC(=O)c1cccc(S(=O)(=O)NCCC(=O)N(Cc2cccc(C)c2)C2CC2)c1. The van der Waals surface area contributed by atoms with Crippen molar-refractivity contribution in [1.29, 1.82) is 0 Å². The first kappa shape index (κ1) is 21.2. The van der Waals surface area contributed by atoms with Crippen molar-refractivity contribution < 1.29 is 18.0 Å². The number of hydrogen-bond donors (Lipinski definition) is 1. The van der Waals surface area contributed by atoms with E-state index in [0.717, 1.165) is 24.0 Å². The van der Waals surface area contributed by atoms with Gasteiger partial charge in [0.1, 0.15) is 0 Å². The zero-order valence-electron chi connectivity index (χ0n) is 16.7. The Balaban J connectivity index is 1.60. The molecule has 0 aromatic heterocycles. The second-order valence-electron chi connectivity index (χ2n) is 7.47. The molecule has 7 heteroatoms. The van der Waals surface area contributed by atoms with Gasteiger partial charge in [-0.05, 0) is 44.4 Å². The quantitative estimate of drug-likeness (QED) is 0.639. The Hall–Kier alpha value is -2.51. The first-order valence-electron chi connectivity index (χ1n) is 9.72. The monoisotopic (exact) mass is 414 g/mol. The molecule has 1 N–H and O–H groups in total. The number of carbonyl (C=O) groups is 2. The van der Waals surface area contributed by atoms with Crippen LogP contribution in [0.3, 0.4) is 0 Å². The fourth-order valence-corrected chi connectivity index (χ4v) is 4.29. The molecule has 1 fully saturated rings. The lowest BCUT2D eigenvalue weighted by molar-refractivity contribution is -0.132. The molecule has 2 aromatic carbocycles. The Morgan fingerprint density at radius 2 is 1.83 bits per heavy atom. The Labute approximate surface area is 172 Å². The number of sulfonamides is 1. The molecule has 3 rings (SSSR count). The molecule has 0 spiro atoms. The van der Waals surface area contributed by atoms with Crippen LogP contribution in [0.4, 0.5) is 0 Å². The van der Waals surface area contributed by atoms with Crippen LogP contribution in [0.5, 0.6) is 0 Å². The first-order chi connectivity index (χ1) is 13.8. The number of hydrogen-bond acceptors (Lipinski definition) is 4. The molecule has 0 heterocycles. The van der Waals surface area contributed by atoms with Gasteiger partial charge in [0.15, 0.2) is 5.78 Å². The minimum absolute atomic E-state index is 0.0164. The van der Waals surface area contributed by atoms with Gasteiger partial charge in [0.2, 0.25) is 15.9 Å². The molecule has 0 aliphatic heterocycles. The lowest BCUT2D eigenvalue weighted by atomic mass is 10.1. The summed E-state index contributed by atoms with van der Waals surface area (Å²) in [5.74, 6) is -0.261. The van der Waals surface area contributed by atoms with Crippen molar-refractivity contribution in [3.8, 4) is 0 Å². The maximum atomic E-state index is 12.7. The molecule has 0 radical (unpaired) electrons. The van der Waals surface area contributed by atoms with Gasteiger partial charge >= 0.3 is 0 Å². The van der Waals surface area contributed by atoms with E-state index >= 15 is 0 Å². The van der Waals surface area contributed by atoms with Crippen LogP contribution in [0.25, 0.3) is 0 Å². The molecule has 0 unspecified atom stereocenters. The minimum atomic E-state index is -3.78. The molecule has 1 amide bonds. The second-order valence-corrected chi connectivity index (χ2v) is 9.24. The molecule has 0 bridgehead atoms. The molecule has 1 saturated carbocycles. The van der Waals surface area contributed by atoms with Crippen LogP contribution in [0.1, 0.15) is 47.7 Å². The maximum absolute atomic E-state index is 12.7. The van der Waals surface area contributed by atoms with E-state index in [4.69, 9.17) is 0 Å². The number of nitrogens with zero attached hydrogens (tertiary/aromatic N) is 1. The number of carbonyl (C=O) groups excluding carboxylic acids is 2. The van der Waals surface area contributed by atoms with E-state index in [-0.39, 0.29) is 35.6 Å². The van der Waals surface area contributed by atoms with Crippen LogP contribution < -0.4 is 4.72 Å². The van der Waals surface area contributed by atoms with Crippen LogP contribution in [-0.2, 0) is 21.4 Å². The predicted octanol–water partition coefficient (Wildman–Crippen LogP) is 3.06. The molecule has 29 heavy (non-hydrogen) atoms. The molecular formula is C22H26N2O4S. The van der Waals surface area contributed by atoms with Crippen molar-refractivity contribution >= 4 is 21.7 Å². The van der Waals surface area contributed by atoms with E-state index in [1.54, 1.807) is 6.07 Å². The Morgan fingerprint density at radius 1 is 1.10 bits per heavy atom. The summed E-state index contributed by atoms with van der Waals surface area (Å²) in [7, 11) is -3.78. The van der Waals surface area contributed by atoms with Crippen molar-refractivity contribution in [1.82, 2.24) is 9.62 Å². The van der Waals surface area contributed by atoms with Crippen LogP contribution in [0, 0.1) is 6.92 Å². The molecule has 0 atom stereocenters. The number of Topliss-reactive ketones (excluding diaryl/α,β-unsaturated/α-hetero) is 1. The van der Waals surface area contributed by atoms with Crippen LogP contribution in [-0.4, -0.2) is 37.6 Å². The zero-order valence-corrected chi connectivity index (χ0v) is 17.5. The summed E-state index contributed by atoms with van der Waals surface area (Å²) in [5, 5.41) is 0. The summed E-state index contributed by atoms with van der Waals surface area (Å²) < 4.78 is 27.4. The van der Waals surface area contributed by atoms with Gasteiger partial charge in [-0.15, -0.1) is 0 Å². The highest BCUT2D eigenvalue weighted by Crippen LogP contribution is 2.29. The highest BCUT2D eigenvalue weighted by atomic mass is 32.2. The molecule has 2 aromatic rings. The number of amides is 1. The second kappa shape index (κ2) is 8.88. The predicted molar refractivity (Wildman–Crippen MR) is 111 cm³/mol. The summed E-state index contributed by atoms with van der Waals surface area (Å²) in [6, 6.07) is 14.2. The van der Waals surface area contributed by atoms with Crippen LogP contribution >= 0.6 is 0 Å².